The topological polar surface area (TPSA) is 73.6 Å². The SMILES string of the molecule is OCCC(O)C(O)c1cc(Cl)cnc1F. The van der Waals surface area contributed by atoms with Crippen molar-refractivity contribution in [1.29, 1.82) is 0 Å². The van der Waals surface area contributed by atoms with Gasteiger partial charge in [0.2, 0.25) is 5.95 Å². The van der Waals surface area contributed by atoms with Gasteiger partial charge in [0, 0.05) is 18.4 Å². The lowest BCUT2D eigenvalue weighted by Gasteiger charge is -2.17. The predicted molar refractivity (Wildman–Crippen MR) is 51.9 cm³/mol. The minimum absolute atomic E-state index is 0.0485. The second kappa shape index (κ2) is 5.37. The number of aliphatic hydroxyl groups excluding tert-OH is 3. The Labute approximate surface area is 91.0 Å². The minimum Gasteiger partial charge on any atom is -0.396 e. The molecule has 6 heteroatoms. The fraction of sp³-hybridized carbons (Fsp3) is 0.444. The van der Waals surface area contributed by atoms with E-state index in [2.05, 4.69) is 4.98 Å². The molecular formula is C9H11ClFNO3. The highest BCUT2D eigenvalue weighted by atomic mass is 35.5. The van der Waals surface area contributed by atoms with Crippen molar-refractivity contribution in [3.05, 3.63) is 28.8 Å². The van der Waals surface area contributed by atoms with E-state index in [0.717, 1.165) is 6.20 Å². The van der Waals surface area contributed by atoms with Crippen LogP contribution in [0.25, 0.3) is 0 Å². The Kier molecular flexibility index (Phi) is 4.41. The van der Waals surface area contributed by atoms with E-state index in [-0.39, 0.29) is 23.6 Å². The standard InChI is InChI=1S/C9H11ClFNO3/c10-5-3-6(9(11)12-4-5)8(15)7(14)1-2-13/h3-4,7-8,13-15H,1-2H2. The zero-order chi connectivity index (χ0) is 11.4. The Morgan fingerprint density at radius 3 is 2.73 bits per heavy atom. The molecule has 1 aromatic heterocycles. The van der Waals surface area contributed by atoms with Crippen molar-refractivity contribution in [3.8, 4) is 0 Å². The zero-order valence-corrected chi connectivity index (χ0v) is 8.52. The van der Waals surface area contributed by atoms with Crippen LogP contribution >= 0.6 is 11.6 Å². The van der Waals surface area contributed by atoms with Gasteiger partial charge in [-0.25, -0.2) is 4.98 Å². The van der Waals surface area contributed by atoms with Crippen LogP contribution in [0.3, 0.4) is 0 Å². The van der Waals surface area contributed by atoms with E-state index in [9.17, 15) is 14.6 Å². The normalized spacial score (nSPS) is 15.0. The number of pyridine rings is 1. The van der Waals surface area contributed by atoms with E-state index in [1.807, 2.05) is 0 Å². The molecule has 0 amide bonds. The van der Waals surface area contributed by atoms with E-state index >= 15 is 0 Å². The van der Waals surface area contributed by atoms with E-state index in [4.69, 9.17) is 16.7 Å². The summed E-state index contributed by atoms with van der Waals surface area (Å²) in [4.78, 5) is 3.31. The van der Waals surface area contributed by atoms with Gasteiger partial charge in [-0.05, 0) is 12.5 Å². The maximum atomic E-state index is 13.1. The molecule has 4 nitrogen and oxygen atoms in total. The maximum absolute atomic E-state index is 13.1. The van der Waals surface area contributed by atoms with Gasteiger partial charge in [0.05, 0.1) is 11.1 Å². The van der Waals surface area contributed by atoms with Gasteiger partial charge in [-0.2, -0.15) is 4.39 Å². The van der Waals surface area contributed by atoms with E-state index in [1.54, 1.807) is 0 Å². The molecule has 0 aliphatic heterocycles. The molecule has 0 aliphatic carbocycles. The van der Waals surface area contributed by atoms with Crippen LogP contribution in [0, 0.1) is 5.95 Å². The quantitative estimate of drug-likeness (QED) is 0.670. The van der Waals surface area contributed by atoms with Gasteiger partial charge in [-0.3, -0.25) is 0 Å². The summed E-state index contributed by atoms with van der Waals surface area (Å²) in [5, 5.41) is 27.6. The van der Waals surface area contributed by atoms with Gasteiger partial charge in [0.25, 0.3) is 0 Å². The highest BCUT2D eigenvalue weighted by Crippen LogP contribution is 2.23. The Morgan fingerprint density at radius 1 is 1.47 bits per heavy atom. The molecule has 0 spiro atoms. The van der Waals surface area contributed by atoms with E-state index in [1.165, 1.54) is 6.07 Å². The molecule has 0 saturated carbocycles. The molecule has 0 fully saturated rings. The molecule has 0 bridgehead atoms. The largest absolute Gasteiger partial charge is 0.396 e. The molecule has 0 radical (unpaired) electrons. The predicted octanol–water partition coefficient (Wildman–Crippen LogP) is 0.651. The van der Waals surface area contributed by atoms with Crippen LogP contribution in [0.4, 0.5) is 4.39 Å². The van der Waals surface area contributed by atoms with E-state index < -0.39 is 18.2 Å². The van der Waals surface area contributed by atoms with Crippen LogP contribution in [-0.4, -0.2) is 33.0 Å². The van der Waals surface area contributed by atoms with Crippen molar-refractivity contribution in [2.75, 3.05) is 6.61 Å². The summed E-state index contributed by atoms with van der Waals surface area (Å²) in [5.74, 6) is -0.885. The average molecular weight is 236 g/mol. The first-order valence-corrected chi connectivity index (χ1v) is 4.72. The highest BCUT2D eigenvalue weighted by molar-refractivity contribution is 6.30. The lowest BCUT2D eigenvalue weighted by molar-refractivity contribution is 0.00197. The van der Waals surface area contributed by atoms with Crippen molar-refractivity contribution in [1.82, 2.24) is 4.98 Å². The molecule has 1 aromatic rings. The molecular weight excluding hydrogens is 225 g/mol. The van der Waals surface area contributed by atoms with Crippen LogP contribution in [0.15, 0.2) is 12.3 Å². The Hall–Kier alpha value is -0.750. The summed E-state index contributed by atoms with van der Waals surface area (Å²) in [6.45, 7) is -0.298. The van der Waals surface area contributed by atoms with Crippen LogP contribution in [0.1, 0.15) is 18.1 Å². The lowest BCUT2D eigenvalue weighted by atomic mass is 10.0. The zero-order valence-electron chi connectivity index (χ0n) is 7.77. The summed E-state index contributed by atoms with van der Waals surface area (Å²) < 4.78 is 13.1. The van der Waals surface area contributed by atoms with Gasteiger partial charge in [-0.15, -0.1) is 0 Å². The fourth-order valence-corrected chi connectivity index (χ4v) is 1.31. The minimum atomic E-state index is -1.44. The van der Waals surface area contributed by atoms with Crippen molar-refractivity contribution < 1.29 is 19.7 Å². The van der Waals surface area contributed by atoms with Crippen LogP contribution < -0.4 is 0 Å². The number of halogens is 2. The first-order chi connectivity index (χ1) is 7.06. The molecule has 3 N–H and O–H groups in total. The van der Waals surface area contributed by atoms with Gasteiger partial charge >= 0.3 is 0 Å². The fourth-order valence-electron chi connectivity index (χ4n) is 1.14. The summed E-state index contributed by atoms with van der Waals surface area (Å²) in [5.41, 5.74) is -0.177. The van der Waals surface area contributed by atoms with Crippen molar-refractivity contribution in [2.45, 2.75) is 18.6 Å². The van der Waals surface area contributed by atoms with Crippen molar-refractivity contribution in [2.24, 2.45) is 0 Å². The molecule has 2 unspecified atom stereocenters. The third-order valence-corrected chi connectivity index (χ3v) is 2.15. The molecule has 15 heavy (non-hydrogen) atoms. The van der Waals surface area contributed by atoms with E-state index in [0.29, 0.717) is 0 Å². The van der Waals surface area contributed by atoms with Crippen LogP contribution in [-0.2, 0) is 0 Å². The Bertz CT molecular complexity index is 337. The van der Waals surface area contributed by atoms with Crippen LogP contribution in [0.2, 0.25) is 5.02 Å². The molecule has 84 valence electrons. The first kappa shape index (κ1) is 12.3. The smallest absolute Gasteiger partial charge is 0.218 e. The first-order valence-electron chi connectivity index (χ1n) is 4.34. The second-order valence-electron chi connectivity index (χ2n) is 3.06. The highest BCUT2D eigenvalue weighted by Gasteiger charge is 2.22. The number of nitrogens with zero attached hydrogens (tertiary/aromatic N) is 1. The number of rotatable bonds is 4. The number of aromatic nitrogens is 1. The molecule has 0 aromatic carbocycles. The molecule has 0 saturated heterocycles. The number of aliphatic hydroxyl groups is 3. The van der Waals surface area contributed by atoms with Gasteiger partial charge < -0.3 is 15.3 Å². The van der Waals surface area contributed by atoms with Gasteiger partial charge in [0.15, 0.2) is 0 Å². The third kappa shape index (κ3) is 3.10. The number of hydrogen-bond acceptors (Lipinski definition) is 4. The van der Waals surface area contributed by atoms with Crippen LogP contribution in [0.5, 0.6) is 0 Å². The van der Waals surface area contributed by atoms with Crippen molar-refractivity contribution in [3.63, 3.8) is 0 Å². The molecule has 0 aliphatic rings. The Balaban J connectivity index is 2.89. The maximum Gasteiger partial charge on any atom is 0.218 e. The molecule has 2 atom stereocenters. The number of hydrogen-bond donors (Lipinski definition) is 3. The van der Waals surface area contributed by atoms with Crippen molar-refractivity contribution >= 4 is 11.6 Å². The monoisotopic (exact) mass is 235 g/mol. The molecule has 1 rings (SSSR count). The second-order valence-corrected chi connectivity index (χ2v) is 3.49. The summed E-state index contributed by atoms with van der Waals surface area (Å²) in [7, 11) is 0. The lowest BCUT2D eigenvalue weighted by Crippen LogP contribution is -2.20. The summed E-state index contributed by atoms with van der Waals surface area (Å²) >= 11 is 5.57. The third-order valence-electron chi connectivity index (χ3n) is 1.94. The average Bonchev–Trinajstić information content (AvgIpc) is 2.21. The summed E-state index contributed by atoms with van der Waals surface area (Å²) in [6.07, 6.45) is -1.63. The molecule has 1 heterocycles. The Morgan fingerprint density at radius 2 is 2.13 bits per heavy atom. The summed E-state index contributed by atoms with van der Waals surface area (Å²) in [6, 6.07) is 1.19. The van der Waals surface area contributed by atoms with Gasteiger partial charge in [0.1, 0.15) is 6.10 Å². The van der Waals surface area contributed by atoms with Gasteiger partial charge in [-0.1, -0.05) is 11.6 Å².